The van der Waals surface area contributed by atoms with Gasteiger partial charge in [0, 0.05) is 25.2 Å². The van der Waals surface area contributed by atoms with Gasteiger partial charge in [0.2, 0.25) is 0 Å². The number of guanidine groups is 1. The van der Waals surface area contributed by atoms with E-state index in [0.717, 1.165) is 44.4 Å². The number of para-hydroxylation sites is 1. The predicted molar refractivity (Wildman–Crippen MR) is 141 cm³/mol. The summed E-state index contributed by atoms with van der Waals surface area (Å²) in [7, 11) is 1.76. The van der Waals surface area contributed by atoms with Crippen LogP contribution >= 0.6 is 24.0 Å². The molecule has 3 rings (SSSR count). The summed E-state index contributed by atoms with van der Waals surface area (Å²) in [4.78, 5) is 10.2. The molecule has 1 aromatic carbocycles. The normalized spacial score (nSPS) is 21.0. The van der Waals surface area contributed by atoms with Crippen molar-refractivity contribution in [2.45, 2.75) is 45.6 Å². The van der Waals surface area contributed by atoms with E-state index in [1.165, 1.54) is 50.9 Å². The number of methoxy groups -OCH3 is 1. The number of rotatable bonds is 10. The van der Waals surface area contributed by atoms with E-state index in [1.54, 1.807) is 7.11 Å². The Balaban J connectivity index is 0.00000341. The van der Waals surface area contributed by atoms with Gasteiger partial charge in [-0.2, -0.15) is 0 Å². The molecule has 2 N–H and O–H groups in total. The molecule has 176 valence electrons. The number of aliphatic imine (C=N–C) groups is 1. The van der Waals surface area contributed by atoms with E-state index in [0.29, 0.717) is 5.92 Å². The molecule has 0 bridgehead atoms. The number of halogens is 1. The van der Waals surface area contributed by atoms with Crippen LogP contribution in [0.5, 0.6) is 5.75 Å². The van der Waals surface area contributed by atoms with Crippen molar-refractivity contribution >= 4 is 29.9 Å². The lowest BCUT2D eigenvalue weighted by Crippen LogP contribution is -2.41. The van der Waals surface area contributed by atoms with E-state index < -0.39 is 0 Å². The highest BCUT2D eigenvalue weighted by Crippen LogP contribution is 2.31. The van der Waals surface area contributed by atoms with Crippen molar-refractivity contribution in [3.8, 4) is 5.75 Å². The lowest BCUT2D eigenvalue weighted by Gasteiger charge is -2.28. The maximum absolute atomic E-state index is 5.67. The number of likely N-dealkylation sites (tertiary alicyclic amines) is 2. The molecule has 0 aromatic heterocycles. The molecule has 2 unspecified atom stereocenters. The van der Waals surface area contributed by atoms with Gasteiger partial charge in [0.15, 0.2) is 5.96 Å². The first-order valence-electron chi connectivity index (χ1n) is 11.9. The summed E-state index contributed by atoms with van der Waals surface area (Å²) in [6.45, 7) is 12.9. The summed E-state index contributed by atoms with van der Waals surface area (Å²) in [6, 6.07) is 8.66. The van der Waals surface area contributed by atoms with Gasteiger partial charge in [-0.3, -0.25) is 9.89 Å². The molecule has 0 aliphatic carbocycles. The molecule has 31 heavy (non-hydrogen) atoms. The fourth-order valence-electron chi connectivity index (χ4n) is 4.76. The first kappa shape index (κ1) is 26.2. The molecule has 2 atom stereocenters. The standard InChI is InChI=1S/C24H41N5O.HI/c1-4-13-28-16-12-20(19-28)17-26-24(25-5-2)27-18-22(29-14-8-9-15-29)21-10-6-7-11-23(21)30-3;/h6-7,10-11,20,22H,4-5,8-9,12-19H2,1-3H3,(H2,25,26,27);1H. The Morgan fingerprint density at radius 2 is 1.94 bits per heavy atom. The van der Waals surface area contributed by atoms with Gasteiger partial charge >= 0.3 is 0 Å². The fraction of sp³-hybridized carbons (Fsp3) is 0.708. The number of ether oxygens (including phenoxy) is 1. The number of hydrogen-bond donors (Lipinski definition) is 2. The highest BCUT2D eigenvalue weighted by molar-refractivity contribution is 14.0. The molecule has 0 radical (unpaired) electrons. The van der Waals surface area contributed by atoms with Crippen LogP contribution in [0.1, 0.15) is 51.1 Å². The van der Waals surface area contributed by atoms with Gasteiger partial charge in [0.25, 0.3) is 0 Å². The van der Waals surface area contributed by atoms with Gasteiger partial charge < -0.3 is 20.3 Å². The molecule has 2 fully saturated rings. The quantitative estimate of drug-likeness (QED) is 0.268. The third-order valence-corrected chi connectivity index (χ3v) is 6.31. The second-order valence-corrected chi connectivity index (χ2v) is 8.56. The van der Waals surface area contributed by atoms with E-state index in [9.17, 15) is 0 Å². The van der Waals surface area contributed by atoms with Crippen molar-refractivity contribution in [1.82, 2.24) is 20.4 Å². The average Bonchev–Trinajstić information content (AvgIpc) is 3.45. The van der Waals surface area contributed by atoms with Crippen LogP contribution in [-0.2, 0) is 0 Å². The number of nitrogens with one attached hydrogen (secondary N) is 2. The zero-order chi connectivity index (χ0) is 21.2. The lowest BCUT2D eigenvalue weighted by molar-refractivity contribution is 0.245. The summed E-state index contributed by atoms with van der Waals surface area (Å²) < 4.78 is 5.67. The fourth-order valence-corrected chi connectivity index (χ4v) is 4.76. The minimum atomic E-state index is 0. The second kappa shape index (κ2) is 14.2. The van der Waals surface area contributed by atoms with Crippen LogP contribution in [0.15, 0.2) is 29.3 Å². The maximum atomic E-state index is 5.67. The predicted octanol–water partition coefficient (Wildman–Crippen LogP) is 3.74. The van der Waals surface area contributed by atoms with Crippen LogP contribution < -0.4 is 15.4 Å². The zero-order valence-corrected chi connectivity index (χ0v) is 21.9. The number of nitrogens with zero attached hydrogens (tertiary/aromatic N) is 3. The topological polar surface area (TPSA) is 52.1 Å². The van der Waals surface area contributed by atoms with Crippen LogP contribution in [0, 0.1) is 5.92 Å². The van der Waals surface area contributed by atoms with Crippen molar-refractivity contribution in [3.05, 3.63) is 29.8 Å². The molecule has 6 nitrogen and oxygen atoms in total. The molecule has 2 aliphatic heterocycles. The Labute approximate surface area is 206 Å². The van der Waals surface area contributed by atoms with Gasteiger partial charge in [-0.1, -0.05) is 25.1 Å². The van der Waals surface area contributed by atoms with Gasteiger partial charge in [0.1, 0.15) is 5.75 Å². The van der Waals surface area contributed by atoms with Crippen LogP contribution in [0.4, 0.5) is 0 Å². The third kappa shape index (κ3) is 7.79. The maximum Gasteiger partial charge on any atom is 0.191 e. The Morgan fingerprint density at radius 1 is 1.16 bits per heavy atom. The van der Waals surface area contributed by atoms with Gasteiger partial charge in [-0.05, 0) is 70.8 Å². The lowest BCUT2D eigenvalue weighted by atomic mass is 10.0. The smallest absolute Gasteiger partial charge is 0.191 e. The SMILES string of the molecule is CCCN1CCC(CNC(=NCC(c2ccccc2OC)N2CCCC2)NCC)C1.I. The molecule has 2 aliphatic rings. The van der Waals surface area contributed by atoms with Crippen LogP contribution in [0.2, 0.25) is 0 Å². The van der Waals surface area contributed by atoms with Crippen molar-refractivity contribution in [2.24, 2.45) is 10.9 Å². The first-order chi connectivity index (χ1) is 14.7. The van der Waals surface area contributed by atoms with E-state index in [-0.39, 0.29) is 30.0 Å². The Hall–Kier alpha value is -1.06. The van der Waals surface area contributed by atoms with Crippen LogP contribution in [0.3, 0.4) is 0 Å². The van der Waals surface area contributed by atoms with Gasteiger partial charge in [-0.15, -0.1) is 24.0 Å². The third-order valence-electron chi connectivity index (χ3n) is 6.31. The highest BCUT2D eigenvalue weighted by Gasteiger charge is 2.26. The summed E-state index contributed by atoms with van der Waals surface area (Å²) in [5.41, 5.74) is 1.24. The molecule has 1 aromatic rings. The summed E-state index contributed by atoms with van der Waals surface area (Å²) >= 11 is 0. The average molecular weight is 544 g/mol. The molecule has 2 saturated heterocycles. The zero-order valence-electron chi connectivity index (χ0n) is 19.6. The molecule has 7 heteroatoms. The number of hydrogen-bond acceptors (Lipinski definition) is 4. The van der Waals surface area contributed by atoms with E-state index in [4.69, 9.17) is 9.73 Å². The molecule has 0 saturated carbocycles. The van der Waals surface area contributed by atoms with E-state index >= 15 is 0 Å². The first-order valence-corrected chi connectivity index (χ1v) is 11.9. The minimum absolute atomic E-state index is 0. The largest absolute Gasteiger partial charge is 0.496 e. The Morgan fingerprint density at radius 3 is 2.65 bits per heavy atom. The molecule has 0 spiro atoms. The van der Waals surface area contributed by atoms with Gasteiger partial charge in [0.05, 0.1) is 19.7 Å². The Bertz CT molecular complexity index is 665. The van der Waals surface area contributed by atoms with Gasteiger partial charge in [-0.25, -0.2) is 0 Å². The van der Waals surface area contributed by atoms with Crippen molar-refractivity contribution in [2.75, 3.05) is 59.5 Å². The van der Waals surface area contributed by atoms with E-state index in [2.05, 4.69) is 52.5 Å². The van der Waals surface area contributed by atoms with Crippen LogP contribution in [-0.4, -0.2) is 75.2 Å². The summed E-state index contributed by atoms with van der Waals surface area (Å²) in [6.07, 6.45) is 5.06. The summed E-state index contributed by atoms with van der Waals surface area (Å²) in [5.74, 6) is 2.61. The minimum Gasteiger partial charge on any atom is -0.496 e. The van der Waals surface area contributed by atoms with Crippen molar-refractivity contribution < 1.29 is 4.74 Å². The second-order valence-electron chi connectivity index (χ2n) is 8.56. The van der Waals surface area contributed by atoms with Crippen molar-refractivity contribution in [3.63, 3.8) is 0 Å². The Kier molecular flexibility index (Phi) is 12.0. The monoisotopic (exact) mass is 543 g/mol. The highest BCUT2D eigenvalue weighted by atomic mass is 127. The van der Waals surface area contributed by atoms with Crippen LogP contribution in [0.25, 0.3) is 0 Å². The van der Waals surface area contributed by atoms with E-state index in [1.807, 2.05) is 6.07 Å². The van der Waals surface area contributed by atoms with Crippen molar-refractivity contribution in [1.29, 1.82) is 0 Å². The molecular weight excluding hydrogens is 501 g/mol. The molecule has 0 amide bonds. The molecule has 2 heterocycles. The number of benzene rings is 1. The summed E-state index contributed by atoms with van der Waals surface area (Å²) in [5, 5.41) is 7.06. The molecular formula is C24H42IN5O.